The lowest BCUT2D eigenvalue weighted by Crippen LogP contribution is -2.29. The van der Waals surface area contributed by atoms with Crippen molar-refractivity contribution in [3.05, 3.63) is 57.0 Å². The number of rotatable bonds is 3. The summed E-state index contributed by atoms with van der Waals surface area (Å²) in [5, 5.41) is 1.03. The Labute approximate surface area is 116 Å². The van der Waals surface area contributed by atoms with Crippen LogP contribution in [0.4, 0.5) is 0 Å². The molecule has 5 heteroatoms. The quantitative estimate of drug-likeness (QED) is 0.667. The third-order valence-electron chi connectivity index (χ3n) is 2.83. The number of nitrogens with one attached hydrogen (secondary N) is 1. The summed E-state index contributed by atoms with van der Waals surface area (Å²) in [5.74, 6) is 7.32. The van der Waals surface area contributed by atoms with E-state index in [0.717, 1.165) is 22.6 Å². The number of nitrogens with two attached hydrogens (primary N) is 1. The highest BCUT2D eigenvalue weighted by molar-refractivity contribution is 6.42. The van der Waals surface area contributed by atoms with Gasteiger partial charge in [0.25, 0.3) is 0 Å². The first-order valence-electron chi connectivity index (χ1n) is 5.51. The van der Waals surface area contributed by atoms with Crippen LogP contribution in [0.3, 0.4) is 0 Å². The Morgan fingerprint density at radius 1 is 1.17 bits per heavy atom. The van der Waals surface area contributed by atoms with E-state index in [2.05, 4.69) is 5.43 Å². The van der Waals surface area contributed by atoms with E-state index in [-0.39, 0.29) is 6.04 Å². The van der Waals surface area contributed by atoms with Crippen molar-refractivity contribution in [1.82, 2.24) is 5.43 Å². The highest BCUT2D eigenvalue weighted by Gasteiger charge is 2.18. The van der Waals surface area contributed by atoms with Crippen molar-refractivity contribution in [2.45, 2.75) is 19.9 Å². The molecular formula is C13H14Cl2N2O. The van der Waals surface area contributed by atoms with Crippen LogP contribution in [-0.4, -0.2) is 0 Å². The van der Waals surface area contributed by atoms with Gasteiger partial charge in [0.15, 0.2) is 0 Å². The molecule has 3 nitrogen and oxygen atoms in total. The molecule has 0 saturated carbocycles. The first-order valence-corrected chi connectivity index (χ1v) is 6.26. The zero-order valence-corrected chi connectivity index (χ0v) is 11.6. The summed E-state index contributed by atoms with van der Waals surface area (Å²) in [5.41, 5.74) is 4.71. The van der Waals surface area contributed by atoms with Gasteiger partial charge in [-0.25, -0.2) is 5.43 Å². The minimum atomic E-state index is -0.169. The first-order chi connectivity index (χ1) is 8.52. The fraction of sp³-hybridized carbons (Fsp3) is 0.231. The monoisotopic (exact) mass is 284 g/mol. The van der Waals surface area contributed by atoms with Crippen LogP contribution in [-0.2, 0) is 0 Å². The molecule has 1 heterocycles. The molecule has 0 amide bonds. The van der Waals surface area contributed by atoms with Crippen molar-refractivity contribution >= 4 is 23.2 Å². The zero-order chi connectivity index (χ0) is 13.3. The van der Waals surface area contributed by atoms with Crippen molar-refractivity contribution in [2.24, 2.45) is 5.84 Å². The van der Waals surface area contributed by atoms with Gasteiger partial charge in [-0.15, -0.1) is 0 Å². The summed E-state index contributed by atoms with van der Waals surface area (Å²) in [6, 6.07) is 7.24. The van der Waals surface area contributed by atoms with Gasteiger partial charge < -0.3 is 4.42 Å². The molecule has 0 aliphatic carbocycles. The maximum Gasteiger partial charge on any atom is 0.106 e. The van der Waals surface area contributed by atoms with Gasteiger partial charge in [-0.05, 0) is 37.6 Å². The van der Waals surface area contributed by atoms with Gasteiger partial charge in [0.2, 0.25) is 0 Å². The second kappa shape index (κ2) is 5.33. The van der Waals surface area contributed by atoms with Crippen LogP contribution in [0.1, 0.15) is 28.7 Å². The van der Waals surface area contributed by atoms with Crippen molar-refractivity contribution in [3.63, 3.8) is 0 Å². The van der Waals surface area contributed by atoms with E-state index < -0.39 is 0 Å². The molecule has 0 aliphatic rings. The average Bonchev–Trinajstić information content (AvgIpc) is 2.64. The molecule has 1 unspecified atom stereocenters. The van der Waals surface area contributed by atoms with E-state index in [1.54, 1.807) is 12.1 Å². The molecule has 2 aromatic rings. The summed E-state index contributed by atoms with van der Waals surface area (Å²) < 4.78 is 5.52. The molecule has 0 bridgehead atoms. The van der Waals surface area contributed by atoms with Gasteiger partial charge in [-0.2, -0.15) is 0 Å². The second-order valence-electron chi connectivity index (χ2n) is 4.14. The Morgan fingerprint density at radius 3 is 2.39 bits per heavy atom. The van der Waals surface area contributed by atoms with E-state index in [1.807, 2.05) is 26.0 Å². The number of hydrazine groups is 1. The number of hydrogen-bond acceptors (Lipinski definition) is 3. The van der Waals surface area contributed by atoms with Gasteiger partial charge in [0.1, 0.15) is 11.5 Å². The topological polar surface area (TPSA) is 51.2 Å². The van der Waals surface area contributed by atoms with E-state index in [9.17, 15) is 0 Å². The minimum Gasteiger partial charge on any atom is -0.466 e. The fourth-order valence-electron chi connectivity index (χ4n) is 1.99. The summed E-state index contributed by atoms with van der Waals surface area (Å²) in [6.45, 7) is 3.81. The Bertz CT molecular complexity index is 566. The lowest BCUT2D eigenvalue weighted by molar-refractivity contribution is 0.495. The second-order valence-corrected chi connectivity index (χ2v) is 4.96. The smallest absolute Gasteiger partial charge is 0.106 e. The van der Waals surface area contributed by atoms with Crippen molar-refractivity contribution in [3.8, 4) is 0 Å². The lowest BCUT2D eigenvalue weighted by atomic mass is 10.00. The lowest BCUT2D eigenvalue weighted by Gasteiger charge is -2.16. The summed E-state index contributed by atoms with van der Waals surface area (Å²) in [6.07, 6.45) is 0. The third kappa shape index (κ3) is 2.54. The molecule has 3 N–H and O–H groups in total. The summed E-state index contributed by atoms with van der Waals surface area (Å²) in [4.78, 5) is 0. The molecule has 0 saturated heterocycles. The SMILES string of the molecule is Cc1cc(C(NN)c2ccc(Cl)c(Cl)c2)c(C)o1. The van der Waals surface area contributed by atoms with Crippen LogP contribution >= 0.6 is 23.2 Å². The molecule has 18 heavy (non-hydrogen) atoms. The number of halogens is 2. The highest BCUT2D eigenvalue weighted by atomic mass is 35.5. The number of hydrogen-bond donors (Lipinski definition) is 2. The van der Waals surface area contributed by atoms with Gasteiger partial charge in [-0.3, -0.25) is 5.84 Å². The first kappa shape index (κ1) is 13.4. The average molecular weight is 285 g/mol. The molecular weight excluding hydrogens is 271 g/mol. The maximum absolute atomic E-state index is 6.02. The number of furan rings is 1. The predicted octanol–water partition coefficient (Wildman–Crippen LogP) is 3.76. The molecule has 1 aromatic carbocycles. The Kier molecular flexibility index (Phi) is 3.97. The highest BCUT2D eigenvalue weighted by Crippen LogP contribution is 2.30. The number of aryl methyl sites for hydroxylation is 2. The molecule has 96 valence electrons. The van der Waals surface area contributed by atoms with Crippen molar-refractivity contribution < 1.29 is 4.42 Å². The molecule has 0 radical (unpaired) electrons. The molecule has 1 aromatic heterocycles. The molecule has 0 fully saturated rings. The standard InChI is InChI=1S/C13H14Cl2N2O/c1-7-5-10(8(2)18-7)13(17-16)9-3-4-11(14)12(15)6-9/h3-6,13,17H,16H2,1-2H3. The maximum atomic E-state index is 6.02. The summed E-state index contributed by atoms with van der Waals surface area (Å²) >= 11 is 11.9. The van der Waals surface area contributed by atoms with Crippen LogP contribution in [0.25, 0.3) is 0 Å². The molecule has 0 spiro atoms. The molecule has 0 aliphatic heterocycles. The Hall–Kier alpha value is -1.00. The minimum absolute atomic E-state index is 0.169. The third-order valence-corrected chi connectivity index (χ3v) is 3.57. The van der Waals surface area contributed by atoms with Crippen LogP contribution in [0.15, 0.2) is 28.7 Å². The summed E-state index contributed by atoms with van der Waals surface area (Å²) in [7, 11) is 0. The van der Waals surface area contributed by atoms with Gasteiger partial charge in [-0.1, -0.05) is 29.3 Å². The predicted molar refractivity (Wildman–Crippen MR) is 73.8 cm³/mol. The van der Waals surface area contributed by atoms with E-state index >= 15 is 0 Å². The fourth-order valence-corrected chi connectivity index (χ4v) is 2.30. The molecule has 1 atom stereocenters. The number of benzene rings is 1. The van der Waals surface area contributed by atoms with Crippen LogP contribution < -0.4 is 11.3 Å². The van der Waals surface area contributed by atoms with E-state index in [1.165, 1.54) is 0 Å². The van der Waals surface area contributed by atoms with Crippen LogP contribution in [0.2, 0.25) is 10.0 Å². The van der Waals surface area contributed by atoms with Gasteiger partial charge in [0, 0.05) is 5.56 Å². The Morgan fingerprint density at radius 2 is 1.89 bits per heavy atom. The van der Waals surface area contributed by atoms with Crippen LogP contribution in [0.5, 0.6) is 0 Å². The van der Waals surface area contributed by atoms with E-state index in [0.29, 0.717) is 10.0 Å². The van der Waals surface area contributed by atoms with Crippen molar-refractivity contribution in [2.75, 3.05) is 0 Å². The van der Waals surface area contributed by atoms with Crippen LogP contribution in [0, 0.1) is 13.8 Å². The van der Waals surface area contributed by atoms with E-state index in [4.69, 9.17) is 33.5 Å². The zero-order valence-electron chi connectivity index (χ0n) is 10.1. The van der Waals surface area contributed by atoms with Crippen molar-refractivity contribution in [1.29, 1.82) is 0 Å². The Balaban J connectivity index is 2.45. The normalized spacial score (nSPS) is 12.7. The van der Waals surface area contributed by atoms with Gasteiger partial charge >= 0.3 is 0 Å². The van der Waals surface area contributed by atoms with Gasteiger partial charge in [0.05, 0.1) is 16.1 Å². The largest absolute Gasteiger partial charge is 0.466 e. The molecule has 2 rings (SSSR count).